The Labute approximate surface area is 75.4 Å². The summed E-state index contributed by atoms with van der Waals surface area (Å²) in [5, 5.41) is 2.30. The van der Waals surface area contributed by atoms with Crippen LogP contribution in [0.4, 0.5) is 0 Å². The molecular weight excluding hydrogens is 198 g/mol. The number of amides is 1. The lowest BCUT2D eigenvalue weighted by atomic mass is 10.2. The normalized spacial score (nSPS) is 23.3. The first-order valence-corrected chi connectivity index (χ1v) is 5.38. The van der Waals surface area contributed by atoms with Gasteiger partial charge in [0, 0.05) is 6.42 Å². The van der Waals surface area contributed by atoms with Gasteiger partial charge >= 0.3 is 0 Å². The first-order chi connectivity index (χ1) is 5.88. The number of Topliss-reactive ketones (excluding diaryl/α,β-unsaturated/α-hetero) is 1. The van der Waals surface area contributed by atoms with Gasteiger partial charge in [0.2, 0.25) is 5.78 Å². The van der Waals surface area contributed by atoms with Crippen LogP contribution in [-0.4, -0.2) is 39.0 Å². The highest BCUT2D eigenvalue weighted by molar-refractivity contribution is 7.85. The highest BCUT2D eigenvalue weighted by Gasteiger charge is 2.30. The summed E-state index contributed by atoms with van der Waals surface area (Å²) in [7, 11) is -3.51. The van der Waals surface area contributed by atoms with E-state index in [1.165, 1.54) is 0 Å². The lowest BCUT2D eigenvalue weighted by molar-refractivity contribution is -0.135. The lowest BCUT2D eigenvalue weighted by Gasteiger charge is -2.06. The highest BCUT2D eigenvalue weighted by atomic mass is 32.2. The van der Waals surface area contributed by atoms with E-state index in [0.717, 1.165) is 6.26 Å². The van der Waals surface area contributed by atoms with E-state index < -0.39 is 27.9 Å². The van der Waals surface area contributed by atoms with Crippen LogP contribution in [0.3, 0.4) is 0 Å². The summed E-state index contributed by atoms with van der Waals surface area (Å²) in [6, 6.07) is -0.519. The lowest BCUT2D eigenvalue weighted by Crippen LogP contribution is -2.31. The smallest absolute Gasteiger partial charge is 0.287 e. The Morgan fingerprint density at radius 2 is 2.15 bits per heavy atom. The SMILES string of the molecule is CS(=O)(=O)OC[C@H]1CC(=O)C(=O)N1. The van der Waals surface area contributed by atoms with Gasteiger partial charge in [0.15, 0.2) is 0 Å². The monoisotopic (exact) mass is 207 g/mol. The molecule has 1 aliphatic heterocycles. The zero-order valence-electron chi connectivity index (χ0n) is 6.94. The number of rotatable bonds is 3. The van der Waals surface area contributed by atoms with E-state index in [0.29, 0.717) is 0 Å². The zero-order chi connectivity index (χ0) is 10.1. The molecule has 13 heavy (non-hydrogen) atoms. The second-order valence-corrected chi connectivity index (χ2v) is 4.43. The van der Waals surface area contributed by atoms with Crippen molar-refractivity contribution in [1.29, 1.82) is 0 Å². The van der Waals surface area contributed by atoms with Crippen LogP contribution in [0.5, 0.6) is 0 Å². The van der Waals surface area contributed by atoms with Gasteiger partial charge in [0.25, 0.3) is 16.0 Å². The number of carbonyl (C=O) groups excluding carboxylic acids is 2. The molecule has 0 aromatic carbocycles. The fourth-order valence-electron chi connectivity index (χ4n) is 0.940. The van der Waals surface area contributed by atoms with Crippen molar-refractivity contribution in [2.45, 2.75) is 12.5 Å². The molecule has 0 bridgehead atoms. The standard InChI is InChI=1S/C6H9NO5S/c1-13(10,11)12-3-4-2-5(8)6(9)7-4/h4H,2-3H2,1H3,(H,7,9)/t4-/m1/s1. The van der Waals surface area contributed by atoms with Crippen LogP contribution < -0.4 is 5.32 Å². The van der Waals surface area contributed by atoms with Crippen LogP contribution in [0.15, 0.2) is 0 Å². The maximum absolute atomic E-state index is 10.7. The molecule has 1 rings (SSSR count). The van der Waals surface area contributed by atoms with E-state index >= 15 is 0 Å². The van der Waals surface area contributed by atoms with E-state index in [9.17, 15) is 18.0 Å². The first-order valence-electron chi connectivity index (χ1n) is 3.56. The van der Waals surface area contributed by atoms with Crippen molar-refractivity contribution in [3.05, 3.63) is 0 Å². The van der Waals surface area contributed by atoms with Crippen molar-refractivity contribution in [1.82, 2.24) is 5.32 Å². The van der Waals surface area contributed by atoms with E-state index in [1.807, 2.05) is 0 Å². The van der Waals surface area contributed by atoms with E-state index in [2.05, 4.69) is 9.50 Å². The summed E-state index contributed by atoms with van der Waals surface area (Å²) in [5.41, 5.74) is 0. The van der Waals surface area contributed by atoms with Gasteiger partial charge in [0.1, 0.15) is 0 Å². The molecule has 1 aliphatic rings. The number of hydrogen-bond donors (Lipinski definition) is 1. The summed E-state index contributed by atoms with van der Waals surface area (Å²) < 4.78 is 25.5. The summed E-state index contributed by atoms with van der Waals surface area (Å²) in [6.45, 7) is -0.184. The largest absolute Gasteiger partial charge is 0.344 e. The number of hydrogen-bond acceptors (Lipinski definition) is 5. The average Bonchev–Trinajstić information content (AvgIpc) is 2.27. The maximum atomic E-state index is 10.7. The minimum absolute atomic E-state index is 0.00560. The third-order valence-electron chi connectivity index (χ3n) is 1.50. The van der Waals surface area contributed by atoms with Crippen molar-refractivity contribution < 1.29 is 22.2 Å². The minimum atomic E-state index is -3.51. The molecule has 0 saturated carbocycles. The molecule has 1 heterocycles. The molecule has 0 aliphatic carbocycles. The molecule has 1 fully saturated rings. The van der Waals surface area contributed by atoms with Crippen molar-refractivity contribution in [3.63, 3.8) is 0 Å². The van der Waals surface area contributed by atoms with Gasteiger partial charge in [-0.3, -0.25) is 13.8 Å². The topological polar surface area (TPSA) is 89.5 Å². The highest BCUT2D eigenvalue weighted by Crippen LogP contribution is 2.04. The second kappa shape index (κ2) is 3.43. The molecule has 0 radical (unpaired) electrons. The minimum Gasteiger partial charge on any atom is -0.344 e. The Balaban J connectivity index is 2.42. The Morgan fingerprint density at radius 3 is 2.54 bits per heavy atom. The fourth-order valence-corrected chi connectivity index (χ4v) is 1.35. The molecule has 1 saturated heterocycles. The molecule has 0 aromatic rings. The Hall–Kier alpha value is -0.950. The third kappa shape index (κ3) is 3.11. The van der Waals surface area contributed by atoms with Crippen LogP contribution in [0, 0.1) is 0 Å². The number of nitrogens with one attached hydrogen (secondary N) is 1. The van der Waals surface area contributed by atoms with Gasteiger partial charge in [-0.1, -0.05) is 0 Å². The van der Waals surface area contributed by atoms with Gasteiger partial charge < -0.3 is 5.32 Å². The molecule has 1 amide bonds. The first kappa shape index (κ1) is 10.1. The van der Waals surface area contributed by atoms with Crippen LogP contribution in [0.2, 0.25) is 0 Å². The molecule has 74 valence electrons. The summed E-state index contributed by atoms with van der Waals surface area (Å²) in [5.74, 6) is -1.22. The predicted molar refractivity (Wildman–Crippen MR) is 42.4 cm³/mol. The van der Waals surface area contributed by atoms with E-state index in [-0.39, 0.29) is 13.0 Å². The van der Waals surface area contributed by atoms with Crippen LogP contribution in [-0.2, 0) is 23.9 Å². The van der Waals surface area contributed by atoms with E-state index in [4.69, 9.17) is 0 Å². The average molecular weight is 207 g/mol. The van der Waals surface area contributed by atoms with Gasteiger partial charge in [-0.2, -0.15) is 8.42 Å². The molecule has 1 atom stereocenters. The van der Waals surface area contributed by atoms with Crippen LogP contribution >= 0.6 is 0 Å². The third-order valence-corrected chi connectivity index (χ3v) is 2.07. The maximum Gasteiger partial charge on any atom is 0.287 e. The molecule has 1 N–H and O–H groups in total. The number of carbonyl (C=O) groups is 2. The van der Waals surface area contributed by atoms with Crippen LogP contribution in [0.25, 0.3) is 0 Å². The van der Waals surface area contributed by atoms with Crippen molar-refractivity contribution >= 4 is 21.8 Å². The second-order valence-electron chi connectivity index (χ2n) is 2.79. The quantitative estimate of drug-likeness (QED) is 0.445. The van der Waals surface area contributed by atoms with Crippen LogP contribution in [0.1, 0.15) is 6.42 Å². The van der Waals surface area contributed by atoms with Gasteiger partial charge in [-0.15, -0.1) is 0 Å². The molecule has 7 heteroatoms. The molecule has 0 spiro atoms. The molecule has 6 nitrogen and oxygen atoms in total. The van der Waals surface area contributed by atoms with Gasteiger partial charge in [-0.25, -0.2) is 0 Å². The molecule has 0 aromatic heterocycles. The Bertz CT molecular complexity index is 317. The van der Waals surface area contributed by atoms with Crippen molar-refractivity contribution in [2.24, 2.45) is 0 Å². The van der Waals surface area contributed by atoms with E-state index in [1.54, 1.807) is 0 Å². The molecule has 0 unspecified atom stereocenters. The summed E-state index contributed by atoms with van der Waals surface area (Å²) in [6.07, 6.45) is 0.903. The zero-order valence-corrected chi connectivity index (χ0v) is 7.76. The van der Waals surface area contributed by atoms with Gasteiger partial charge in [0.05, 0.1) is 18.9 Å². The Kier molecular flexibility index (Phi) is 2.67. The van der Waals surface area contributed by atoms with Crippen molar-refractivity contribution in [3.8, 4) is 0 Å². The van der Waals surface area contributed by atoms with Gasteiger partial charge in [-0.05, 0) is 0 Å². The Morgan fingerprint density at radius 1 is 1.54 bits per heavy atom. The fraction of sp³-hybridized carbons (Fsp3) is 0.667. The number of ketones is 1. The molecular formula is C6H9NO5S. The summed E-state index contributed by atoms with van der Waals surface area (Å²) >= 11 is 0. The summed E-state index contributed by atoms with van der Waals surface area (Å²) in [4.78, 5) is 21.3. The predicted octanol–water partition coefficient (Wildman–Crippen LogP) is -1.58. The van der Waals surface area contributed by atoms with Crippen molar-refractivity contribution in [2.75, 3.05) is 12.9 Å².